The van der Waals surface area contributed by atoms with E-state index >= 15 is 0 Å². The number of hydrogen-bond acceptors (Lipinski definition) is 8. The van der Waals surface area contributed by atoms with E-state index in [0.717, 1.165) is 0 Å². The SMILES string of the molecule is CO/N=C/C=C\C(=O)NC/C=C/C1OC(=O)c2c(O)cccc2/C=C\C=C/C2OC2C1O. The zero-order valence-corrected chi connectivity index (χ0v) is 17.3. The van der Waals surface area contributed by atoms with Gasteiger partial charge >= 0.3 is 5.97 Å². The Morgan fingerprint density at radius 2 is 2.19 bits per heavy atom. The van der Waals surface area contributed by atoms with Crippen molar-refractivity contribution in [3.8, 4) is 5.75 Å². The van der Waals surface area contributed by atoms with Gasteiger partial charge in [0.25, 0.3) is 0 Å². The molecule has 32 heavy (non-hydrogen) atoms. The van der Waals surface area contributed by atoms with Crippen molar-refractivity contribution in [1.29, 1.82) is 0 Å². The van der Waals surface area contributed by atoms with Crippen LogP contribution in [0.3, 0.4) is 0 Å². The van der Waals surface area contributed by atoms with Gasteiger partial charge in [-0.3, -0.25) is 4.79 Å². The number of benzene rings is 1. The summed E-state index contributed by atoms with van der Waals surface area (Å²) in [6, 6.07) is 4.67. The first kappa shape index (κ1) is 23.0. The Hall–Kier alpha value is -3.69. The highest BCUT2D eigenvalue weighted by atomic mass is 16.6. The van der Waals surface area contributed by atoms with Gasteiger partial charge in [0.1, 0.15) is 42.8 Å². The molecule has 0 bridgehead atoms. The Bertz CT molecular complexity index is 981. The number of esters is 1. The number of nitrogens with one attached hydrogen (secondary N) is 1. The van der Waals surface area contributed by atoms with Crippen LogP contribution in [0, 0.1) is 0 Å². The molecule has 0 aromatic heterocycles. The predicted octanol–water partition coefficient (Wildman–Crippen LogP) is 1.49. The maximum atomic E-state index is 12.8. The number of aromatic hydroxyl groups is 1. The second-order valence-electron chi connectivity index (χ2n) is 6.88. The summed E-state index contributed by atoms with van der Waals surface area (Å²) in [6.45, 7) is 0.130. The number of aliphatic hydroxyl groups excluding tert-OH is 1. The number of rotatable bonds is 6. The minimum Gasteiger partial charge on any atom is -0.507 e. The van der Waals surface area contributed by atoms with Crippen molar-refractivity contribution in [2.75, 3.05) is 13.7 Å². The number of phenolic OH excluding ortho intramolecular Hbond substituents is 1. The van der Waals surface area contributed by atoms with E-state index in [1.165, 1.54) is 37.6 Å². The molecule has 1 amide bonds. The third-order valence-corrected chi connectivity index (χ3v) is 4.66. The van der Waals surface area contributed by atoms with Crippen molar-refractivity contribution >= 4 is 24.2 Å². The highest BCUT2D eigenvalue weighted by Gasteiger charge is 2.46. The quantitative estimate of drug-likeness (QED) is 0.153. The van der Waals surface area contributed by atoms with E-state index in [2.05, 4.69) is 15.3 Å². The van der Waals surface area contributed by atoms with Crippen molar-refractivity contribution < 1.29 is 34.1 Å². The molecule has 4 atom stereocenters. The molecule has 3 rings (SSSR count). The summed E-state index contributed by atoms with van der Waals surface area (Å²) in [5.41, 5.74) is 0.467. The molecule has 168 valence electrons. The van der Waals surface area contributed by atoms with Crippen molar-refractivity contribution in [3.05, 3.63) is 71.9 Å². The van der Waals surface area contributed by atoms with Gasteiger partial charge in [0, 0.05) is 12.6 Å². The highest BCUT2D eigenvalue weighted by molar-refractivity contribution is 5.96. The molecule has 4 unspecified atom stereocenters. The molecule has 0 aliphatic carbocycles. The van der Waals surface area contributed by atoms with E-state index in [0.29, 0.717) is 5.56 Å². The van der Waals surface area contributed by atoms with Crippen LogP contribution in [-0.4, -0.2) is 66.4 Å². The predicted molar refractivity (Wildman–Crippen MR) is 117 cm³/mol. The minimum atomic E-state index is -1.14. The number of fused-ring (bicyclic) bond motifs is 2. The molecular formula is C23H24N2O7. The van der Waals surface area contributed by atoms with Crippen LogP contribution in [0.2, 0.25) is 0 Å². The van der Waals surface area contributed by atoms with Gasteiger partial charge in [-0.1, -0.05) is 47.7 Å². The lowest BCUT2D eigenvalue weighted by atomic mass is 10.0. The van der Waals surface area contributed by atoms with Crippen molar-refractivity contribution in [2.45, 2.75) is 24.4 Å². The number of aliphatic hydroxyl groups is 1. The Morgan fingerprint density at radius 1 is 1.34 bits per heavy atom. The number of oxime groups is 1. The van der Waals surface area contributed by atoms with Crippen LogP contribution in [0.15, 0.2) is 65.9 Å². The molecule has 1 fully saturated rings. The fourth-order valence-corrected chi connectivity index (χ4v) is 3.06. The zero-order chi connectivity index (χ0) is 22.9. The van der Waals surface area contributed by atoms with E-state index in [1.54, 1.807) is 42.5 Å². The fourth-order valence-electron chi connectivity index (χ4n) is 3.06. The summed E-state index contributed by atoms with van der Waals surface area (Å²) in [5.74, 6) is -1.38. The van der Waals surface area contributed by atoms with Crippen molar-refractivity contribution in [3.63, 3.8) is 0 Å². The Morgan fingerprint density at radius 3 is 3.00 bits per heavy atom. The summed E-state index contributed by atoms with van der Waals surface area (Å²) in [5, 5.41) is 27.0. The maximum absolute atomic E-state index is 12.8. The Balaban J connectivity index is 1.73. The molecule has 9 heteroatoms. The monoisotopic (exact) mass is 440 g/mol. The van der Waals surface area contributed by atoms with Crippen LogP contribution in [0.5, 0.6) is 5.75 Å². The number of carbonyl (C=O) groups is 2. The number of phenols is 1. The molecule has 2 heterocycles. The summed E-state index contributed by atoms with van der Waals surface area (Å²) >= 11 is 0. The van der Waals surface area contributed by atoms with Gasteiger partial charge in [-0.25, -0.2) is 4.79 Å². The van der Waals surface area contributed by atoms with Crippen LogP contribution >= 0.6 is 0 Å². The molecular weight excluding hydrogens is 416 g/mol. The molecule has 2 aliphatic rings. The number of hydrogen-bond donors (Lipinski definition) is 3. The van der Waals surface area contributed by atoms with Crippen LogP contribution in [0.1, 0.15) is 15.9 Å². The number of epoxide rings is 1. The van der Waals surface area contributed by atoms with Crippen LogP contribution in [-0.2, 0) is 19.1 Å². The first-order valence-electron chi connectivity index (χ1n) is 9.90. The molecule has 3 N–H and O–H groups in total. The number of nitrogens with zero attached hydrogens (tertiary/aromatic N) is 1. The van der Waals surface area contributed by atoms with E-state index in [4.69, 9.17) is 9.47 Å². The summed E-state index contributed by atoms with van der Waals surface area (Å²) in [7, 11) is 1.39. The van der Waals surface area contributed by atoms with Gasteiger partial charge in [-0.05, 0) is 23.8 Å². The van der Waals surface area contributed by atoms with Crippen molar-refractivity contribution in [1.82, 2.24) is 5.32 Å². The summed E-state index contributed by atoms with van der Waals surface area (Å²) < 4.78 is 11.0. The molecule has 1 aromatic carbocycles. The average Bonchev–Trinajstić information content (AvgIpc) is 3.54. The lowest BCUT2D eigenvalue weighted by Crippen LogP contribution is -2.35. The summed E-state index contributed by atoms with van der Waals surface area (Å²) in [4.78, 5) is 29.0. The second kappa shape index (κ2) is 11.1. The topological polar surface area (TPSA) is 130 Å². The lowest BCUT2D eigenvalue weighted by Gasteiger charge is -2.20. The van der Waals surface area contributed by atoms with Crippen molar-refractivity contribution in [2.24, 2.45) is 5.16 Å². The number of carbonyl (C=O) groups excluding carboxylic acids is 2. The minimum absolute atomic E-state index is 0.00671. The number of allylic oxidation sites excluding steroid dienone is 3. The third kappa shape index (κ3) is 6.16. The molecule has 0 spiro atoms. The highest BCUT2D eigenvalue weighted by Crippen LogP contribution is 2.31. The van der Waals surface area contributed by atoms with Gasteiger partial charge < -0.3 is 29.8 Å². The molecule has 1 aromatic rings. The largest absolute Gasteiger partial charge is 0.507 e. The maximum Gasteiger partial charge on any atom is 0.343 e. The fraction of sp³-hybridized carbons (Fsp3) is 0.261. The first-order chi connectivity index (χ1) is 15.5. The van der Waals surface area contributed by atoms with E-state index < -0.39 is 24.3 Å². The van der Waals surface area contributed by atoms with E-state index in [1.807, 2.05) is 0 Å². The third-order valence-electron chi connectivity index (χ3n) is 4.66. The number of amides is 1. The molecule has 2 aliphatic heterocycles. The van der Waals surface area contributed by atoms with Gasteiger partial charge in [0.05, 0.1) is 6.21 Å². The normalized spacial score (nSPS) is 27.1. The van der Waals surface area contributed by atoms with Gasteiger partial charge in [-0.15, -0.1) is 0 Å². The second-order valence-corrected chi connectivity index (χ2v) is 6.88. The molecule has 9 nitrogen and oxygen atoms in total. The van der Waals surface area contributed by atoms with E-state index in [9.17, 15) is 19.8 Å². The molecule has 1 saturated heterocycles. The van der Waals surface area contributed by atoms with Gasteiger partial charge in [0.15, 0.2) is 0 Å². The number of ether oxygens (including phenoxy) is 2. The van der Waals surface area contributed by atoms with Gasteiger partial charge in [0.2, 0.25) is 5.91 Å². The zero-order valence-electron chi connectivity index (χ0n) is 17.3. The lowest BCUT2D eigenvalue weighted by molar-refractivity contribution is -0.116. The smallest absolute Gasteiger partial charge is 0.343 e. The summed E-state index contributed by atoms with van der Waals surface area (Å²) in [6.07, 6.45) is 10.9. The Labute approximate surface area is 185 Å². The van der Waals surface area contributed by atoms with Crippen LogP contribution in [0.25, 0.3) is 6.08 Å². The van der Waals surface area contributed by atoms with E-state index in [-0.39, 0.29) is 29.9 Å². The average molecular weight is 440 g/mol. The number of cyclic esters (lactones) is 1. The van der Waals surface area contributed by atoms with Crippen LogP contribution in [0.4, 0.5) is 0 Å². The Kier molecular flexibility index (Phi) is 7.96. The van der Waals surface area contributed by atoms with Crippen LogP contribution < -0.4 is 5.32 Å². The van der Waals surface area contributed by atoms with Gasteiger partial charge in [-0.2, -0.15) is 0 Å². The first-order valence-corrected chi connectivity index (χ1v) is 9.90. The molecule has 0 radical (unpaired) electrons. The standard InChI is InChI=1S/C23H24N2O7/c1-30-25-14-6-12-19(27)24-13-5-11-17-21(28)22-18(31-22)10-3-2-7-15-8-4-9-16(26)20(15)23(29)32-17/h2-12,14,17-18,21-22,26,28H,13H2,1H3,(H,24,27)/b7-2-,10-3-,11-5+,12-6-,25-14+. The molecule has 0 saturated carbocycles.